The minimum absolute atomic E-state index is 0.0550. The fourth-order valence-electron chi connectivity index (χ4n) is 4.20. The zero-order valence-electron chi connectivity index (χ0n) is 17.4. The van der Waals surface area contributed by atoms with Crippen molar-refractivity contribution < 1.29 is 22.5 Å². The van der Waals surface area contributed by atoms with Gasteiger partial charge in [-0.1, -0.05) is 29.4 Å². The van der Waals surface area contributed by atoms with Crippen LogP contribution in [0.3, 0.4) is 0 Å². The van der Waals surface area contributed by atoms with Gasteiger partial charge in [0.05, 0.1) is 17.1 Å². The van der Waals surface area contributed by atoms with Crippen LogP contribution in [-0.4, -0.2) is 31.1 Å². The largest absolute Gasteiger partial charge is 0.482 e. The lowest BCUT2D eigenvalue weighted by Crippen LogP contribution is -2.39. The molecule has 0 spiro atoms. The van der Waals surface area contributed by atoms with Gasteiger partial charge in [-0.3, -0.25) is 9.69 Å². The lowest BCUT2D eigenvalue weighted by molar-refractivity contribution is -0.121. The van der Waals surface area contributed by atoms with Crippen molar-refractivity contribution in [3.8, 4) is 5.75 Å². The van der Waals surface area contributed by atoms with E-state index in [9.17, 15) is 13.2 Å². The van der Waals surface area contributed by atoms with E-state index in [2.05, 4.69) is 14.9 Å². The topological polar surface area (TPSA) is 115 Å². The number of nitrogens with one attached hydrogen (secondary N) is 1. The molecule has 0 saturated heterocycles. The van der Waals surface area contributed by atoms with Gasteiger partial charge in [-0.25, -0.2) is 13.1 Å². The first-order valence-corrected chi connectivity index (χ1v) is 11.9. The Morgan fingerprint density at radius 2 is 2.06 bits per heavy atom. The van der Waals surface area contributed by atoms with Gasteiger partial charge < -0.3 is 9.26 Å². The summed E-state index contributed by atoms with van der Waals surface area (Å²) in [6.45, 7) is 1.57. The Bertz CT molecular complexity index is 1290. The van der Waals surface area contributed by atoms with E-state index in [4.69, 9.17) is 9.26 Å². The summed E-state index contributed by atoms with van der Waals surface area (Å²) in [4.78, 5) is 18.1. The van der Waals surface area contributed by atoms with E-state index in [0.717, 1.165) is 30.4 Å². The number of carbonyl (C=O) groups excluding carboxylic acids is 1. The predicted molar refractivity (Wildman–Crippen MR) is 115 cm³/mol. The highest BCUT2D eigenvalue weighted by Crippen LogP contribution is 2.36. The first-order chi connectivity index (χ1) is 15.4. The minimum atomic E-state index is -3.84. The molecule has 0 radical (unpaired) electrons. The van der Waals surface area contributed by atoms with E-state index in [1.54, 1.807) is 13.0 Å². The number of hydrogen-bond donors (Lipinski definition) is 1. The Kier molecular flexibility index (Phi) is 5.18. The highest BCUT2D eigenvalue weighted by molar-refractivity contribution is 7.89. The van der Waals surface area contributed by atoms with Gasteiger partial charge >= 0.3 is 0 Å². The first-order valence-electron chi connectivity index (χ1n) is 10.4. The second-order valence-electron chi connectivity index (χ2n) is 7.89. The summed E-state index contributed by atoms with van der Waals surface area (Å²) in [5.74, 6) is 0.818. The van der Waals surface area contributed by atoms with Gasteiger partial charge in [0, 0.05) is 13.0 Å². The number of carbonyl (C=O) groups is 1. The molecular weight excluding hydrogens is 432 g/mol. The summed E-state index contributed by atoms with van der Waals surface area (Å²) in [7, 11) is -3.84. The normalized spacial score (nSPS) is 18.1. The van der Waals surface area contributed by atoms with Crippen molar-refractivity contribution in [2.24, 2.45) is 0 Å². The predicted octanol–water partition coefficient (Wildman–Crippen LogP) is 2.66. The molecule has 1 N–H and O–H groups in total. The second-order valence-corrected chi connectivity index (χ2v) is 9.61. The number of ether oxygens (including phenoxy) is 1. The molecule has 0 bridgehead atoms. The van der Waals surface area contributed by atoms with Crippen molar-refractivity contribution >= 4 is 21.6 Å². The standard InChI is InChI=1S/C22H22N4O5S/c1-14-23-21(24-31-14)12-26-19-11-16(9-10-20(19)30-13-22(26)27)32(28,29)25-18-8-4-6-15-5-2-3-7-17(15)18/h2-3,5,7,9-11,18,25H,4,6,8,12-13H2,1H3/t18-/m0/s1. The van der Waals surface area contributed by atoms with Gasteiger partial charge in [-0.15, -0.1) is 0 Å². The highest BCUT2D eigenvalue weighted by atomic mass is 32.2. The molecule has 10 heteroatoms. The summed E-state index contributed by atoms with van der Waals surface area (Å²) < 4.78 is 39.8. The number of sulfonamides is 1. The van der Waals surface area contributed by atoms with Crippen LogP contribution in [0, 0.1) is 6.92 Å². The Balaban J connectivity index is 1.45. The van der Waals surface area contributed by atoms with Gasteiger partial charge in [0.1, 0.15) is 5.75 Å². The molecule has 9 nitrogen and oxygen atoms in total. The van der Waals surface area contributed by atoms with Gasteiger partial charge in [0.25, 0.3) is 5.91 Å². The zero-order chi connectivity index (χ0) is 22.3. The van der Waals surface area contributed by atoms with E-state index in [0.29, 0.717) is 23.2 Å². The fraction of sp³-hybridized carbons (Fsp3) is 0.318. The lowest BCUT2D eigenvalue weighted by Gasteiger charge is -2.29. The molecule has 2 aliphatic rings. The molecule has 32 heavy (non-hydrogen) atoms. The van der Waals surface area contributed by atoms with Gasteiger partial charge in [0.2, 0.25) is 15.9 Å². The molecule has 1 amide bonds. The molecule has 166 valence electrons. The number of benzene rings is 2. The van der Waals surface area contributed by atoms with Crippen LogP contribution in [0.25, 0.3) is 0 Å². The monoisotopic (exact) mass is 454 g/mol. The van der Waals surface area contributed by atoms with Crippen molar-refractivity contribution in [3.05, 3.63) is 65.3 Å². The molecular formula is C22H22N4O5S. The van der Waals surface area contributed by atoms with E-state index >= 15 is 0 Å². The fourth-order valence-corrected chi connectivity index (χ4v) is 5.47. The summed E-state index contributed by atoms with van der Waals surface area (Å²) in [5.41, 5.74) is 2.53. The molecule has 1 aliphatic carbocycles. The van der Waals surface area contributed by atoms with Crippen LogP contribution >= 0.6 is 0 Å². The van der Waals surface area contributed by atoms with E-state index in [1.165, 1.54) is 17.0 Å². The van der Waals surface area contributed by atoms with Crippen LogP contribution in [-0.2, 0) is 27.8 Å². The lowest BCUT2D eigenvalue weighted by atomic mass is 9.88. The first kappa shape index (κ1) is 20.7. The molecule has 0 fully saturated rings. The van der Waals surface area contributed by atoms with Crippen molar-refractivity contribution in [1.29, 1.82) is 0 Å². The maximum atomic E-state index is 13.3. The molecule has 3 aromatic rings. The van der Waals surface area contributed by atoms with Crippen molar-refractivity contribution in [3.63, 3.8) is 0 Å². The van der Waals surface area contributed by atoms with Crippen LogP contribution in [0.5, 0.6) is 5.75 Å². The highest BCUT2D eigenvalue weighted by Gasteiger charge is 2.30. The van der Waals surface area contributed by atoms with Crippen molar-refractivity contribution in [1.82, 2.24) is 14.9 Å². The number of rotatable bonds is 5. The van der Waals surface area contributed by atoms with E-state index in [-0.39, 0.29) is 30.0 Å². The van der Waals surface area contributed by atoms with Crippen LogP contribution in [0.1, 0.15) is 41.7 Å². The smallest absolute Gasteiger partial charge is 0.265 e. The van der Waals surface area contributed by atoms with E-state index in [1.807, 2.05) is 24.3 Å². The van der Waals surface area contributed by atoms with Crippen molar-refractivity contribution in [2.45, 2.75) is 43.7 Å². The molecule has 0 saturated carbocycles. The maximum absolute atomic E-state index is 13.3. The molecule has 1 aromatic heterocycles. The molecule has 2 heterocycles. The summed E-state index contributed by atoms with van der Waals surface area (Å²) in [6, 6.07) is 12.1. The molecule has 2 aromatic carbocycles. The summed E-state index contributed by atoms with van der Waals surface area (Å²) in [6.07, 6.45) is 2.58. The number of aromatic nitrogens is 2. The molecule has 1 aliphatic heterocycles. The van der Waals surface area contributed by atoms with E-state index < -0.39 is 10.0 Å². The average molecular weight is 455 g/mol. The average Bonchev–Trinajstić information content (AvgIpc) is 3.20. The number of nitrogens with zero attached hydrogens (tertiary/aromatic N) is 3. The SMILES string of the molecule is Cc1nc(CN2C(=O)COc3ccc(S(=O)(=O)N[C@H]4CCCc5ccccc54)cc32)no1. The van der Waals surface area contributed by atoms with Crippen LogP contribution < -0.4 is 14.4 Å². The third kappa shape index (κ3) is 3.87. The Morgan fingerprint density at radius 1 is 1.22 bits per heavy atom. The zero-order valence-corrected chi connectivity index (χ0v) is 18.3. The number of aryl methyl sites for hydroxylation is 2. The Hall–Kier alpha value is -3.24. The van der Waals surface area contributed by atoms with Crippen LogP contribution in [0.4, 0.5) is 5.69 Å². The number of hydrogen-bond acceptors (Lipinski definition) is 7. The third-order valence-electron chi connectivity index (χ3n) is 5.72. The molecule has 5 rings (SSSR count). The summed E-state index contributed by atoms with van der Waals surface area (Å²) >= 11 is 0. The van der Waals surface area contributed by atoms with Crippen LogP contribution in [0.2, 0.25) is 0 Å². The third-order valence-corrected chi connectivity index (χ3v) is 7.19. The molecule has 1 atom stereocenters. The summed E-state index contributed by atoms with van der Waals surface area (Å²) in [5, 5.41) is 3.84. The van der Waals surface area contributed by atoms with Gasteiger partial charge in [0.15, 0.2) is 12.4 Å². The Morgan fingerprint density at radius 3 is 2.88 bits per heavy atom. The van der Waals surface area contributed by atoms with Crippen molar-refractivity contribution in [2.75, 3.05) is 11.5 Å². The molecule has 0 unspecified atom stereocenters. The number of amides is 1. The Labute approximate surface area is 185 Å². The number of fused-ring (bicyclic) bond motifs is 2. The van der Waals surface area contributed by atoms with Gasteiger partial charge in [-0.05, 0) is 48.6 Å². The van der Waals surface area contributed by atoms with Gasteiger partial charge in [-0.2, -0.15) is 4.98 Å². The minimum Gasteiger partial charge on any atom is -0.482 e. The maximum Gasteiger partial charge on any atom is 0.265 e. The quantitative estimate of drug-likeness (QED) is 0.630. The number of anilines is 1. The van der Waals surface area contributed by atoms with Crippen LogP contribution in [0.15, 0.2) is 51.9 Å². The second kappa shape index (κ2) is 8.03.